The number of hydrogen-bond donors (Lipinski definition) is 1. The number of nitrogens with one attached hydrogen (secondary N) is 1. The van der Waals surface area contributed by atoms with Crippen LogP contribution in [0.25, 0.3) is 21.8 Å². The number of amides is 1. The van der Waals surface area contributed by atoms with Crippen LogP contribution in [0.3, 0.4) is 0 Å². The molecule has 0 aliphatic carbocycles. The molecule has 0 spiro atoms. The summed E-state index contributed by atoms with van der Waals surface area (Å²) in [5.74, 6) is 1.58. The van der Waals surface area contributed by atoms with E-state index in [1.165, 1.54) is 35.7 Å². The van der Waals surface area contributed by atoms with Crippen LogP contribution >= 0.6 is 0 Å². The average Bonchev–Trinajstić information content (AvgIpc) is 3.53. The Morgan fingerprint density at radius 1 is 1.03 bits per heavy atom. The van der Waals surface area contributed by atoms with Gasteiger partial charge in [-0.05, 0) is 93.4 Å². The van der Waals surface area contributed by atoms with Crippen molar-refractivity contribution < 1.29 is 9.53 Å². The molecule has 2 aromatic carbocycles. The second-order valence-electron chi connectivity index (χ2n) is 10.9. The first-order valence-electron chi connectivity index (χ1n) is 13.8. The number of rotatable bonds is 6. The molecule has 37 heavy (non-hydrogen) atoms. The van der Waals surface area contributed by atoms with E-state index in [1.54, 1.807) is 7.11 Å². The van der Waals surface area contributed by atoms with E-state index < -0.39 is 0 Å². The maximum atomic E-state index is 13.5. The second kappa shape index (κ2) is 10.3. The summed E-state index contributed by atoms with van der Waals surface area (Å²) in [5.41, 5.74) is 4.51. The van der Waals surface area contributed by atoms with Gasteiger partial charge in [0, 0.05) is 54.2 Å². The lowest BCUT2D eigenvalue weighted by Crippen LogP contribution is -2.46. The molecule has 194 valence electrons. The summed E-state index contributed by atoms with van der Waals surface area (Å²) in [4.78, 5) is 21.6. The fourth-order valence-electron chi connectivity index (χ4n) is 6.57. The third-order valence-electron chi connectivity index (χ3n) is 8.68. The maximum absolute atomic E-state index is 13.5. The molecule has 2 aromatic heterocycles. The molecule has 6 rings (SSSR count). The Hall–Kier alpha value is -3.25. The zero-order valence-corrected chi connectivity index (χ0v) is 22.1. The minimum atomic E-state index is 0.134. The lowest BCUT2D eigenvalue weighted by atomic mass is 9.89. The molecule has 1 N–H and O–H groups in total. The molecular weight excluding hydrogens is 460 g/mol. The highest BCUT2D eigenvalue weighted by atomic mass is 16.5. The molecule has 0 saturated carbocycles. The van der Waals surface area contributed by atoms with E-state index in [0.717, 1.165) is 62.1 Å². The van der Waals surface area contributed by atoms with Crippen molar-refractivity contribution >= 4 is 27.7 Å². The van der Waals surface area contributed by atoms with Crippen molar-refractivity contribution in [3.05, 3.63) is 66.0 Å². The molecule has 1 atom stereocenters. The molecule has 1 amide bonds. The van der Waals surface area contributed by atoms with Gasteiger partial charge < -0.3 is 24.1 Å². The van der Waals surface area contributed by atoms with Crippen molar-refractivity contribution in [3.63, 3.8) is 0 Å². The predicted octanol–water partition coefficient (Wildman–Crippen LogP) is 5.93. The van der Waals surface area contributed by atoms with E-state index in [1.807, 2.05) is 24.3 Å². The van der Waals surface area contributed by atoms with E-state index in [2.05, 4.69) is 56.9 Å². The highest BCUT2D eigenvalue weighted by Gasteiger charge is 2.30. The van der Waals surface area contributed by atoms with Gasteiger partial charge in [0.15, 0.2) is 0 Å². The number of carbonyl (C=O) groups is 1. The molecule has 6 nitrogen and oxygen atoms in total. The van der Waals surface area contributed by atoms with Crippen LogP contribution < -0.4 is 4.74 Å². The number of para-hydroxylation sites is 1. The van der Waals surface area contributed by atoms with Crippen molar-refractivity contribution in [2.24, 2.45) is 7.05 Å². The molecule has 6 heteroatoms. The van der Waals surface area contributed by atoms with Gasteiger partial charge in [-0.3, -0.25) is 4.79 Å². The minimum absolute atomic E-state index is 0.134. The lowest BCUT2D eigenvalue weighted by molar-refractivity contribution is 0.0573. The van der Waals surface area contributed by atoms with Crippen LogP contribution in [0.15, 0.2) is 54.7 Å². The van der Waals surface area contributed by atoms with Crippen molar-refractivity contribution in [2.45, 2.75) is 50.5 Å². The van der Waals surface area contributed by atoms with E-state index in [0.29, 0.717) is 17.7 Å². The Bertz CT molecular complexity index is 1390. The lowest BCUT2D eigenvalue weighted by Gasteiger charge is -2.38. The van der Waals surface area contributed by atoms with Gasteiger partial charge in [-0.25, -0.2) is 0 Å². The van der Waals surface area contributed by atoms with E-state index in [-0.39, 0.29) is 5.91 Å². The van der Waals surface area contributed by atoms with Crippen LogP contribution in [-0.4, -0.2) is 64.6 Å². The fraction of sp³-hybridized carbons (Fsp3) is 0.452. The van der Waals surface area contributed by atoms with Crippen molar-refractivity contribution in [2.75, 3.05) is 33.3 Å². The van der Waals surface area contributed by atoms with Crippen LogP contribution in [0.2, 0.25) is 0 Å². The van der Waals surface area contributed by atoms with Gasteiger partial charge >= 0.3 is 0 Å². The molecule has 4 aromatic rings. The van der Waals surface area contributed by atoms with Crippen molar-refractivity contribution in [1.82, 2.24) is 19.4 Å². The zero-order chi connectivity index (χ0) is 25.4. The molecule has 2 aliphatic heterocycles. The molecule has 2 aliphatic rings. The number of aromatic nitrogens is 2. The fourth-order valence-corrected chi connectivity index (χ4v) is 6.57. The number of aromatic amines is 1. The van der Waals surface area contributed by atoms with Crippen LogP contribution in [0, 0.1) is 0 Å². The Morgan fingerprint density at radius 3 is 2.70 bits per heavy atom. The maximum Gasteiger partial charge on any atom is 0.270 e. The Kier molecular flexibility index (Phi) is 6.68. The first-order chi connectivity index (χ1) is 18.1. The molecule has 0 unspecified atom stereocenters. The number of likely N-dealkylation sites (tertiary alicyclic amines) is 2. The standard InChI is InChI=1S/C31H38N4O2/c1-33-21-27(26-8-3-4-9-30(26)33)22-12-16-34(17-13-22)18-14-24-7-5-6-15-35(24)31(36)29-20-23-19-25(37-2)10-11-28(23)32-29/h3-4,8-11,19-22,24,32H,5-7,12-18H2,1-2H3/t24-/m0/s1. The van der Waals surface area contributed by atoms with Gasteiger partial charge in [0.2, 0.25) is 0 Å². The SMILES string of the molecule is COc1ccc2[nH]c(C(=O)N3CCCC[C@H]3CCN3CCC(c4cn(C)c5ccccc45)CC3)cc2c1. The highest BCUT2D eigenvalue weighted by Crippen LogP contribution is 2.34. The van der Waals surface area contributed by atoms with Crippen molar-refractivity contribution in [1.29, 1.82) is 0 Å². The Balaban J connectivity index is 1.08. The molecule has 0 radical (unpaired) electrons. The number of carbonyl (C=O) groups excluding carboxylic acids is 1. The van der Waals surface area contributed by atoms with Gasteiger partial charge in [-0.1, -0.05) is 18.2 Å². The molecule has 2 saturated heterocycles. The first kappa shape index (κ1) is 24.1. The summed E-state index contributed by atoms with van der Waals surface area (Å²) >= 11 is 0. The molecule has 4 heterocycles. The largest absolute Gasteiger partial charge is 0.497 e. The van der Waals surface area contributed by atoms with Gasteiger partial charge in [0.05, 0.1) is 7.11 Å². The predicted molar refractivity (Wildman–Crippen MR) is 149 cm³/mol. The minimum Gasteiger partial charge on any atom is -0.497 e. The number of methoxy groups -OCH3 is 1. The van der Waals surface area contributed by atoms with Crippen LogP contribution in [-0.2, 0) is 7.05 Å². The van der Waals surface area contributed by atoms with Gasteiger partial charge in [-0.2, -0.15) is 0 Å². The number of benzene rings is 2. The molecule has 0 bridgehead atoms. The first-order valence-corrected chi connectivity index (χ1v) is 13.8. The second-order valence-corrected chi connectivity index (χ2v) is 10.9. The number of H-pyrrole nitrogens is 1. The summed E-state index contributed by atoms with van der Waals surface area (Å²) in [7, 11) is 3.83. The monoisotopic (exact) mass is 498 g/mol. The summed E-state index contributed by atoms with van der Waals surface area (Å²) in [6.07, 6.45) is 9.22. The average molecular weight is 499 g/mol. The topological polar surface area (TPSA) is 53.5 Å². The van der Waals surface area contributed by atoms with Gasteiger partial charge in [0.25, 0.3) is 5.91 Å². The summed E-state index contributed by atoms with van der Waals surface area (Å²) < 4.78 is 7.62. The molecule has 2 fully saturated rings. The summed E-state index contributed by atoms with van der Waals surface area (Å²) in [5, 5.41) is 2.43. The quantitative estimate of drug-likeness (QED) is 0.358. The van der Waals surface area contributed by atoms with Crippen LogP contribution in [0.1, 0.15) is 60.5 Å². The zero-order valence-electron chi connectivity index (χ0n) is 22.1. The number of nitrogens with zero attached hydrogens (tertiary/aromatic N) is 3. The number of piperidine rings is 2. The number of ether oxygens (including phenoxy) is 1. The summed E-state index contributed by atoms with van der Waals surface area (Å²) in [6, 6.07) is 17.0. The van der Waals surface area contributed by atoms with E-state index in [9.17, 15) is 4.79 Å². The normalized spacial score (nSPS) is 19.6. The highest BCUT2D eigenvalue weighted by molar-refractivity contribution is 5.98. The number of aryl methyl sites for hydroxylation is 1. The number of hydrogen-bond acceptors (Lipinski definition) is 3. The van der Waals surface area contributed by atoms with Gasteiger partial charge in [0.1, 0.15) is 11.4 Å². The Labute approximate surface area is 219 Å². The smallest absolute Gasteiger partial charge is 0.270 e. The van der Waals surface area contributed by atoms with Crippen molar-refractivity contribution in [3.8, 4) is 5.75 Å². The van der Waals surface area contributed by atoms with E-state index in [4.69, 9.17) is 4.74 Å². The van der Waals surface area contributed by atoms with E-state index >= 15 is 0 Å². The third kappa shape index (κ3) is 4.75. The summed E-state index contributed by atoms with van der Waals surface area (Å²) in [6.45, 7) is 4.20. The van der Waals surface area contributed by atoms with Crippen LogP contribution in [0.4, 0.5) is 0 Å². The number of fused-ring (bicyclic) bond motifs is 2. The van der Waals surface area contributed by atoms with Gasteiger partial charge in [-0.15, -0.1) is 0 Å². The molecular formula is C31H38N4O2. The third-order valence-corrected chi connectivity index (χ3v) is 8.68. The Morgan fingerprint density at radius 2 is 1.86 bits per heavy atom. The van der Waals surface area contributed by atoms with Crippen LogP contribution in [0.5, 0.6) is 5.75 Å².